The number of nitrogens with one attached hydrogen (secondary N) is 1. The fourth-order valence-corrected chi connectivity index (χ4v) is 2.97. The minimum atomic E-state index is -0.194. The third-order valence-corrected chi connectivity index (χ3v) is 4.55. The minimum absolute atomic E-state index is 0.0385. The molecule has 2 N–H and O–H groups in total. The number of fused-ring (bicyclic) bond motifs is 1. The molecule has 0 radical (unpaired) electrons. The lowest BCUT2D eigenvalue weighted by Crippen LogP contribution is -2.47. The number of likely N-dealkylation sites (N-methyl/N-ethyl adjacent to an activating group) is 1. The molecule has 0 unspecified atom stereocenters. The molecule has 136 valence electrons. The average molecular weight is 339 g/mol. The molecule has 1 amide bonds. The van der Waals surface area contributed by atoms with Crippen molar-refractivity contribution < 1.29 is 14.6 Å². The largest absolute Gasteiger partial charge is 0.394 e. The SMILES string of the molecule is CNC[C@H]1OCc2cnnn2CCCC(=O)N([C@@H](C)CO)C[C@H]1C. The normalized spacial score (nSPS) is 24.8. The summed E-state index contributed by atoms with van der Waals surface area (Å²) in [5.41, 5.74) is 0.928. The van der Waals surface area contributed by atoms with Crippen molar-refractivity contribution in [1.29, 1.82) is 0 Å². The number of ether oxygens (including phenoxy) is 1. The van der Waals surface area contributed by atoms with E-state index in [1.54, 1.807) is 15.8 Å². The second-order valence-corrected chi connectivity index (χ2v) is 6.51. The number of rotatable bonds is 4. The van der Waals surface area contributed by atoms with Gasteiger partial charge in [0.15, 0.2) is 0 Å². The molecule has 0 aliphatic carbocycles. The summed E-state index contributed by atoms with van der Waals surface area (Å²) in [4.78, 5) is 14.4. The Bertz CT molecular complexity index is 522. The molecule has 2 rings (SSSR count). The van der Waals surface area contributed by atoms with E-state index in [1.807, 2.05) is 14.0 Å². The molecule has 0 bridgehead atoms. The van der Waals surface area contributed by atoms with Crippen LogP contribution in [0, 0.1) is 5.92 Å². The summed E-state index contributed by atoms with van der Waals surface area (Å²) < 4.78 is 7.89. The van der Waals surface area contributed by atoms with Crippen molar-refractivity contribution in [1.82, 2.24) is 25.2 Å². The molecule has 0 saturated heterocycles. The lowest BCUT2D eigenvalue weighted by atomic mass is 10.0. The third kappa shape index (κ3) is 4.75. The van der Waals surface area contributed by atoms with Gasteiger partial charge in [0.1, 0.15) is 0 Å². The molecule has 0 fully saturated rings. The molecular weight excluding hydrogens is 310 g/mol. The van der Waals surface area contributed by atoms with Crippen LogP contribution in [0.3, 0.4) is 0 Å². The van der Waals surface area contributed by atoms with Crippen LogP contribution in [0.15, 0.2) is 6.20 Å². The van der Waals surface area contributed by atoms with Gasteiger partial charge in [-0.1, -0.05) is 12.1 Å². The summed E-state index contributed by atoms with van der Waals surface area (Å²) in [6, 6.07) is -0.194. The number of carbonyl (C=O) groups excluding carboxylic acids is 1. The highest BCUT2D eigenvalue weighted by Crippen LogP contribution is 2.17. The number of carbonyl (C=O) groups is 1. The Morgan fingerprint density at radius 3 is 3.04 bits per heavy atom. The van der Waals surface area contributed by atoms with Crippen LogP contribution in [0.5, 0.6) is 0 Å². The summed E-state index contributed by atoms with van der Waals surface area (Å²) in [7, 11) is 1.89. The first-order valence-electron chi connectivity index (χ1n) is 8.60. The van der Waals surface area contributed by atoms with Gasteiger partial charge in [0.25, 0.3) is 0 Å². The van der Waals surface area contributed by atoms with Crippen LogP contribution in [0.4, 0.5) is 0 Å². The van der Waals surface area contributed by atoms with Crippen molar-refractivity contribution in [2.75, 3.05) is 26.7 Å². The zero-order valence-electron chi connectivity index (χ0n) is 14.8. The first-order valence-corrected chi connectivity index (χ1v) is 8.60. The Balaban J connectivity index is 2.20. The molecular formula is C16H29N5O3. The minimum Gasteiger partial charge on any atom is -0.394 e. The highest BCUT2D eigenvalue weighted by molar-refractivity contribution is 5.76. The van der Waals surface area contributed by atoms with Crippen LogP contribution >= 0.6 is 0 Å². The van der Waals surface area contributed by atoms with Gasteiger partial charge in [-0.3, -0.25) is 4.79 Å². The van der Waals surface area contributed by atoms with Crippen molar-refractivity contribution in [2.45, 2.75) is 52.0 Å². The fraction of sp³-hybridized carbons (Fsp3) is 0.812. The van der Waals surface area contributed by atoms with Crippen LogP contribution in [0.25, 0.3) is 0 Å². The zero-order valence-corrected chi connectivity index (χ0v) is 14.8. The van der Waals surface area contributed by atoms with Gasteiger partial charge < -0.3 is 20.1 Å². The molecule has 8 heteroatoms. The predicted molar refractivity (Wildman–Crippen MR) is 89.2 cm³/mol. The van der Waals surface area contributed by atoms with Crippen LogP contribution in [-0.2, 0) is 22.7 Å². The van der Waals surface area contributed by atoms with Crippen molar-refractivity contribution in [3.8, 4) is 0 Å². The topological polar surface area (TPSA) is 92.5 Å². The summed E-state index contributed by atoms with van der Waals surface area (Å²) in [5, 5.41) is 20.7. The van der Waals surface area contributed by atoms with E-state index >= 15 is 0 Å². The molecule has 3 atom stereocenters. The Morgan fingerprint density at radius 2 is 2.33 bits per heavy atom. The fourth-order valence-electron chi connectivity index (χ4n) is 2.97. The van der Waals surface area contributed by atoms with Gasteiger partial charge in [-0.25, -0.2) is 4.68 Å². The van der Waals surface area contributed by atoms with Gasteiger partial charge in [0.2, 0.25) is 5.91 Å². The Hall–Kier alpha value is -1.51. The standard InChI is InChI=1S/C16H29N5O3/c1-12-9-20(13(2)10-22)16(23)5-4-6-21-14(7-18-19-21)11-24-15(12)8-17-3/h7,12-13,15,17,22H,4-6,8-11H2,1-3H3/t12-,13+,15-/m1/s1. The summed E-state index contributed by atoms with van der Waals surface area (Å²) in [6.45, 7) is 6.27. The first kappa shape index (κ1) is 18.8. The van der Waals surface area contributed by atoms with Crippen molar-refractivity contribution >= 4 is 5.91 Å². The number of amides is 1. The molecule has 24 heavy (non-hydrogen) atoms. The Kier molecular flexibility index (Phi) is 7.14. The van der Waals surface area contributed by atoms with E-state index in [4.69, 9.17) is 4.74 Å². The van der Waals surface area contributed by atoms with Crippen LogP contribution in [-0.4, -0.2) is 69.8 Å². The predicted octanol–water partition coefficient (Wildman–Crippen LogP) is 0.0220. The molecule has 1 aliphatic heterocycles. The van der Waals surface area contributed by atoms with Gasteiger partial charge >= 0.3 is 0 Å². The highest BCUT2D eigenvalue weighted by Gasteiger charge is 2.27. The lowest BCUT2D eigenvalue weighted by Gasteiger charge is -2.34. The number of aliphatic hydroxyl groups is 1. The van der Waals surface area contributed by atoms with E-state index in [-0.39, 0.29) is 30.6 Å². The van der Waals surface area contributed by atoms with E-state index < -0.39 is 0 Å². The Morgan fingerprint density at radius 1 is 1.54 bits per heavy atom. The van der Waals surface area contributed by atoms with Gasteiger partial charge in [0.05, 0.1) is 37.3 Å². The summed E-state index contributed by atoms with van der Waals surface area (Å²) >= 11 is 0. The first-order chi connectivity index (χ1) is 11.6. The van der Waals surface area contributed by atoms with Gasteiger partial charge in [-0.05, 0) is 20.4 Å². The Labute approximate surface area is 143 Å². The highest BCUT2D eigenvalue weighted by atomic mass is 16.5. The molecule has 2 heterocycles. The molecule has 0 aromatic carbocycles. The van der Waals surface area contributed by atoms with Gasteiger partial charge in [0, 0.05) is 32.0 Å². The molecule has 1 aromatic rings. The van der Waals surface area contributed by atoms with E-state index in [2.05, 4.69) is 22.6 Å². The second-order valence-electron chi connectivity index (χ2n) is 6.51. The summed E-state index contributed by atoms with van der Waals surface area (Å²) in [6.07, 6.45) is 2.81. The number of aromatic nitrogens is 3. The molecule has 0 spiro atoms. The number of hydrogen-bond donors (Lipinski definition) is 2. The maximum atomic E-state index is 12.6. The monoisotopic (exact) mass is 339 g/mol. The molecule has 8 nitrogen and oxygen atoms in total. The molecule has 1 aliphatic rings. The van der Waals surface area contributed by atoms with E-state index in [0.29, 0.717) is 39.1 Å². The lowest BCUT2D eigenvalue weighted by molar-refractivity contribution is -0.136. The number of hydrogen-bond acceptors (Lipinski definition) is 6. The van der Waals surface area contributed by atoms with Crippen LogP contribution in [0.2, 0.25) is 0 Å². The average Bonchev–Trinajstić information content (AvgIpc) is 3.01. The zero-order chi connectivity index (χ0) is 17.5. The second kappa shape index (κ2) is 9.10. The van der Waals surface area contributed by atoms with Gasteiger partial charge in [-0.15, -0.1) is 5.10 Å². The van der Waals surface area contributed by atoms with Crippen LogP contribution in [0.1, 0.15) is 32.4 Å². The molecule has 1 aromatic heterocycles. The van der Waals surface area contributed by atoms with Crippen LogP contribution < -0.4 is 5.32 Å². The number of nitrogens with zero attached hydrogens (tertiary/aromatic N) is 4. The van der Waals surface area contributed by atoms with E-state index in [0.717, 1.165) is 5.69 Å². The van der Waals surface area contributed by atoms with Crippen molar-refractivity contribution in [3.05, 3.63) is 11.9 Å². The van der Waals surface area contributed by atoms with E-state index in [9.17, 15) is 9.90 Å². The van der Waals surface area contributed by atoms with Crippen molar-refractivity contribution in [2.24, 2.45) is 5.92 Å². The number of aliphatic hydroxyl groups excluding tert-OH is 1. The quantitative estimate of drug-likeness (QED) is 0.804. The third-order valence-electron chi connectivity index (χ3n) is 4.55. The molecule has 0 saturated carbocycles. The van der Waals surface area contributed by atoms with Gasteiger partial charge in [-0.2, -0.15) is 0 Å². The number of aryl methyl sites for hydroxylation is 1. The smallest absolute Gasteiger partial charge is 0.222 e. The maximum absolute atomic E-state index is 12.6. The maximum Gasteiger partial charge on any atom is 0.222 e. The van der Waals surface area contributed by atoms with E-state index in [1.165, 1.54) is 0 Å². The summed E-state index contributed by atoms with van der Waals surface area (Å²) in [5.74, 6) is 0.202. The van der Waals surface area contributed by atoms with Crippen molar-refractivity contribution in [3.63, 3.8) is 0 Å².